The lowest BCUT2D eigenvalue weighted by atomic mass is 9.97. The molecule has 4 heteroatoms. The van der Waals surface area contributed by atoms with Crippen LogP contribution in [0.25, 0.3) is 0 Å². The van der Waals surface area contributed by atoms with Crippen LogP contribution in [0, 0.1) is 0 Å². The average Bonchev–Trinajstić information content (AvgIpc) is 2.82. The van der Waals surface area contributed by atoms with Gasteiger partial charge in [0.05, 0.1) is 5.69 Å². The molecule has 0 spiro atoms. The summed E-state index contributed by atoms with van der Waals surface area (Å²) in [6.07, 6.45) is 5.28. The topological polar surface area (TPSA) is 48.1 Å². The summed E-state index contributed by atoms with van der Waals surface area (Å²) < 4.78 is 6.03. The van der Waals surface area contributed by atoms with E-state index in [4.69, 9.17) is 15.5 Å². The van der Waals surface area contributed by atoms with Crippen molar-refractivity contribution in [2.45, 2.75) is 64.5 Å². The summed E-state index contributed by atoms with van der Waals surface area (Å²) in [6.45, 7) is 7.15. The summed E-state index contributed by atoms with van der Waals surface area (Å²) in [5, 5.41) is 1.14. The first-order valence-corrected chi connectivity index (χ1v) is 7.88. The van der Waals surface area contributed by atoms with E-state index in [9.17, 15) is 0 Å². The van der Waals surface area contributed by atoms with Crippen molar-refractivity contribution in [1.29, 1.82) is 0 Å². The maximum Gasteiger partial charge on any atom is 0.125 e. The third-order valence-corrected chi connectivity index (χ3v) is 5.36. The Morgan fingerprint density at radius 1 is 1.39 bits per heavy atom. The van der Waals surface area contributed by atoms with Gasteiger partial charge in [0.25, 0.3) is 0 Å². The van der Waals surface area contributed by atoms with Crippen molar-refractivity contribution < 1.29 is 4.74 Å². The summed E-state index contributed by atoms with van der Waals surface area (Å²) in [4.78, 5) is 6.14. The van der Waals surface area contributed by atoms with Crippen LogP contribution in [-0.2, 0) is 16.8 Å². The van der Waals surface area contributed by atoms with Crippen LogP contribution in [0.5, 0.6) is 0 Å². The van der Waals surface area contributed by atoms with Crippen LogP contribution in [-0.4, -0.2) is 11.6 Å². The fraction of sp³-hybridized carbons (Fsp3) is 0.786. The predicted molar refractivity (Wildman–Crippen MR) is 75.9 cm³/mol. The Morgan fingerprint density at radius 3 is 2.67 bits per heavy atom. The third kappa shape index (κ3) is 2.33. The fourth-order valence-electron chi connectivity index (χ4n) is 2.74. The van der Waals surface area contributed by atoms with Gasteiger partial charge in [-0.1, -0.05) is 13.8 Å². The molecule has 2 N–H and O–H groups in total. The van der Waals surface area contributed by atoms with Gasteiger partial charge in [-0.05, 0) is 39.0 Å². The maximum absolute atomic E-state index is 6.19. The Balaban J connectivity index is 2.37. The van der Waals surface area contributed by atoms with E-state index in [2.05, 4.69) is 20.8 Å². The van der Waals surface area contributed by atoms with Crippen LogP contribution in [0.1, 0.15) is 68.1 Å². The highest BCUT2D eigenvalue weighted by molar-refractivity contribution is 7.12. The second kappa shape index (κ2) is 5.68. The van der Waals surface area contributed by atoms with Crippen molar-refractivity contribution in [2.24, 2.45) is 5.73 Å². The van der Waals surface area contributed by atoms with Crippen molar-refractivity contribution in [2.75, 3.05) is 6.61 Å². The van der Waals surface area contributed by atoms with Crippen LogP contribution in [0.3, 0.4) is 0 Å². The molecule has 1 aliphatic carbocycles. The molecule has 0 radical (unpaired) electrons. The van der Waals surface area contributed by atoms with Gasteiger partial charge in [0, 0.05) is 17.5 Å². The number of fused-ring (bicyclic) bond motifs is 1. The van der Waals surface area contributed by atoms with Crippen LogP contribution < -0.4 is 5.73 Å². The molecule has 1 aliphatic rings. The Kier molecular flexibility index (Phi) is 4.41. The molecule has 0 saturated carbocycles. The van der Waals surface area contributed by atoms with E-state index in [0.29, 0.717) is 0 Å². The third-order valence-electron chi connectivity index (χ3n) is 3.95. The van der Waals surface area contributed by atoms with E-state index in [-0.39, 0.29) is 11.6 Å². The van der Waals surface area contributed by atoms with E-state index in [1.807, 2.05) is 0 Å². The largest absolute Gasteiger partial charge is 0.368 e. The number of rotatable bonds is 5. The number of aromatic nitrogens is 1. The number of nitrogens with zero attached hydrogens (tertiary/aromatic N) is 1. The van der Waals surface area contributed by atoms with Gasteiger partial charge in [0.15, 0.2) is 0 Å². The minimum Gasteiger partial charge on any atom is -0.368 e. The Hall–Kier alpha value is -0.450. The van der Waals surface area contributed by atoms with E-state index in [1.165, 1.54) is 10.6 Å². The second-order valence-electron chi connectivity index (χ2n) is 4.96. The minimum absolute atomic E-state index is 0.188. The Bertz CT molecular complexity index is 398. The highest BCUT2D eigenvalue weighted by Gasteiger charge is 2.35. The smallest absolute Gasteiger partial charge is 0.125 e. The zero-order chi connectivity index (χ0) is 13.2. The first-order valence-electron chi connectivity index (χ1n) is 7.06. The van der Waals surface area contributed by atoms with Crippen LogP contribution in [0.2, 0.25) is 0 Å². The lowest BCUT2D eigenvalue weighted by Crippen LogP contribution is -2.28. The molecule has 18 heavy (non-hydrogen) atoms. The summed E-state index contributed by atoms with van der Waals surface area (Å²) >= 11 is 1.78. The highest BCUT2D eigenvalue weighted by atomic mass is 32.1. The molecule has 1 aromatic rings. The number of nitrogens with two attached hydrogens (primary N) is 1. The first kappa shape index (κ1) is 14.0. The molecule has 0 aliphatic heterocycles. The normalized spacial score (nSPS) is 19.9. The summed E-state index contributed by atoms with van der Waals surface area (Å²) in [7, 11) is 0. The lowest BCUT2D eigenvalue weighted by Gasteiger charge is -2.29. The summed E-state index contributed by atoms with van der Waals surface area (Å²) in [5.74, 6) is 0. The summed E-state index contributed by atoms with van der Waals surface area (Å²) in [5.41, 5.74) is 7.21. The second-order valence-corrected chi connectivity index (χ2v) is 5.99. The molecular weight excluding hydrogens is 244 g/mol. The van der Waals surface area contributed by atoms with Crippen molar-refractivity contribution in [1.82, 2.24) is 4.98 Å². The van der Waals surface area contributed by atoms with Crippen LogP contribution in [0.4, 0.5) is 0 Å². The number of thiazole rings is 1. The van der Waals surface area contributed by atoms with Gasteiger partial charge in [0.2, 0.25) is 0 Å². The molecular formula is C14H24N2OS. The zero-order valence-electron chi connectivity index (χ0n) is 11.7. The Labute approximate surface area is 114 Å². The Morgan fingerprint density at radius 2 is 2.11 bits per heavy atom. The molecule has 3 nitrogen and oxygen atoms in total. The molecule has 1 heterocycles. The van der Waals surface area contributed by atoms with Crippen molar-refractivity contribution in [3.05, 3.63) is 15.6 Å². The molecule has 0 saturated heterocycles. The number of aryl methyl sites for hydroxylation is 1. The van der Waals surface area contributed by atoms with Crippen molar-refractivity contribution in [3.63, 3.8) is 0 Å². The molecule has 102 valence electrons. The molecule has 0 bridgehead atoms. The average molecular weight is 268 g/mol. The minimum atomic E-state index is -0.198. The number of ether oxygens (including phenoxy) is 1. The van der Waals surface area contributed by atoms with Gasteiger partial charge in [0.1, 0.15) is 10.6 Å². The predicted octanol–water partition coefficient (Wildman–Crippen LogP) is 3.53. The zero-order valence-corrected chi connectivity index (χ0v) is 12.5. The molecule has 0 fully saturated rings. The quantitative estimate of drug-likeness (QED) is 0.888. The lowest BCUT2D eigenvalue weighted by molar-refractivity contribution is -0.0507. The van der Waals surface area contributed by atoms with Gasteiger partial charge in [-0.15, -0.1) is 11.3 Å². The molecule has 1 atom stereocenters. The van der Waals surface area contributed by atoms with Crippen LogP contribution in [0.15, 0.2) is 0 Å². The van der Waals surface area contributed by atoms with Gasteiger partial charge in [-0.25, -0.2) is 4.98 Å². The molecule has 1 aromatic heterocycles. The van der Waals surface area contributed by atoms with Gasteiger partial charge < -0.3 is 10.5 Å². The standard InChI is InChI=1S/C14H24N2OS/c1-4-14(5-2,17-6-3)13-16-11-9-7-8-10(15)12(11)18-13/h10H,4-9,15H2,1-3H3. The van der Waals surface area contributed by atoms with Crippen molar-refractivity contribution in [3.8, 4) is 0 Å². The van der Waals surface area contributed by atoms with Gasteiger partial charge in [-0.2, -0.15) is 0 Å². The fourth-order valence-corrected chi connectivity index (χ4v) is 4.17. The molecule has 0 aromatic carbocycles. The van der Waals surface area contributed by atoms with E-state index in [0.717, 1.165) is 43.7 Å². The van der Waals surface area contributed by atoms with Gasteiger partial charge in [-0.3, -0.25) is 0 Å². The SMILES string of the molecule is CCOC(CC)(CC)c1nc2c(s1)C(N)CCC2. The number of hydrogen-bond donors (Lipinski definition) is 1. The van der Waals surface area contributed by atoms with Gasteiger partial charge >= 0.3 is 0 Å². The first-order chi connectivity index (χ1) is 8.66. The molecule has 0 amide bonds. The molecule has 2 rings (SSSR count). The monoisotopic (exact) mass is 268 g/mol. The maximum atomic E-state index is 6.19. The van der Waals surface area contributed by atoms with Crippen molar-refractivity contribution >= 4 is 11.3 Å². The van der Waals surface area contributed by atoms with E-state index >= 15 is 0 Å². The highest BCUT2D eigenvalue weighted by Crippen LogP contribution is 2.41. The van der Waals surface area contributed by atoms with Crippen LogP contribution >= 0.6 is 11.3 Å². The summed E-state index contributed by atoms with van der Waals surface area (Å²) in [6, 6.07) is 0.188. The number of hydrogen-bond acceptors (Lipinski definition) is 4. The van der Waals surface area contributed by atoms with E-state index < -0.39 is 0 Å². The molecule has 1 unspecified atom stereocenters. The van der Waals surface area contributed by atoms with E-state index in [1.54, 1.807) is 11.3 Å².